The number of likely N-dealkylation sites (tertiary alicyclic amines) is 1. The van der Waals surface area contributed by atoms with E-state index in [4.69, 9.17) is 0 Å². The first-order valence-corrected chi connectivity index (χ1v) is 8.39. The third-order valence-electron chi connectivity index (χ3n) is 5.52. The molecule has 1 aromatic rings. The summed E-state index contributed by atoms with van der Waals surface area (Å²) < 4.78 is 0. The SMILES string of the molecule is Cc1cccc(CN2CCCC3(CCNCC3)CC2)c1O. The van der Waals surface area contributed by atoms with Crippen LogP contribution in [0.1, 0.15) is 43.2 Å². The van der Waals surface area contributed by atoms with E-state index in [-0.39, 0.29) is 0 Å². The molecule has 2 saturated heterocycles. The van der Waals surface area contributed by atoms with E-state index >= 15 is 0 Å². The molecule has 2 N–H and O–H groups in total. The number of hydrogen-bond acceptors (Lipinski definition) is 3. The highest BCUT2D eigenvalue weighted by molar-refractivity contribution is 5.39. The molecule has 2 fully saturated rings. The van der Waals surface area contributed by atoms with E-state index in [2.05, 4.69) is 22.3 Å². The molecule has 21 heavy (non-hydrogen) atoms. The van der Waals surface area contributed by atoms with Gasteiger partial charge in [-0.2, -0.15) is 0 Å². The summed E-state index contributed by atoms with van der Waals surface area (Å²) in [6.45, 7) is 7.60. The third kappa shape index (κ3) is 3.41. The lowest BCUT2D eigenvalue weighted by molar-refractivity contribution is 0.167. The fourth-order valence-corrected chi connectivity index (χ4v) is 4.01. The van der Waals surface area contributed by atoms with Gasteiger partial charge in [0.15, 0.2) is 0 Å². The number of phenolic OH excluding ortho intramolecular Hbond substituents is 1. The Morgan fingerprint density at radius 1 is 1.14 bits per heavy atom. The summed E-state index contributed by atoms with van der Waals surface area (Å²) in [5, 5.41) is 13.7. The average molecular weight is 288 g/mol. The fraction of sp³-hybridized carbons (Fsp3) is 0.667. The number of aryl methyl sites for hydroxylation is 1. The van der Waals surface area contributed by atoms with Crippen molar-refractivity contribution < 1.29 is 5.11 Å². The van der Waals surface area contributed by atoms with Gasteiger partial charge in [0.05, 0.1) is 0 Å². The Morgan fingerprint density at radius 2 is 1.95 bits per heavy atom. The minimum atomic E-state index is 0.485. The minimum absolute atomic E-state index is 0.485. The van der Waals surface area contributed by atoms with Crippen LogP contribution in [0.5, 0.6) is 5.75 Å². The van der Waals surface area contributed by atoms with Crippen molar-refractivity contribution in [3.63, 3.8) is 0 Å². The van der Waals surface area contributed by atoms with Crippen molar-refractivity contribution >= 4 is 0 Å². The topological polar surface area (TPSA) is 35.5 Å². The van der Waals surface area contributed by atoms with Gasteiger partial charge in [-0.25, -0.2) is 0 Å². The molecule has 3 heteroatoms. The van der Waals surface area contributed by atoms with Gasteiger partial charge in [0, 0.05) is 12.1 Å². The number of para-hydroxylation sites is 1. The van der Waals surface area contributed by atoms with Gasteiger partial charge in [0.1, 0.15) is 5.75 Å². The highest BCUT2D eigenvalue weighted by Gasteiger charge is 2.33. The van der Waals surface area contributed by atoms with Gasteiger partial charge in [-0.15, -0.1) is 0 Å². The van der Waals surface area contributed by atoms with Crippen molar-refractivity contribution in [2.45, 2.75) is 45.6 Å². The molecule has 0 bridgehead atoms. The Balaban J connectivity index is 1.64. The molecular weight excluding hydrogens is 260 g/mol. The summed E-state index contributed by atoms with van der Waals surface area (Å²) in [5.41, 5.74) is 2.66. The van der Waals surface area contributed by atoms with Crippen LogP contribution >= 0.6 is 0 Å². The molecule has 2 aliphatic rings. The van der Waals surface area contributed by atoms with Crippen LogP contribution in [-0.2, 0) is 6.54 Å². The zero-order valence-electron chi connectivity index (χ0n) is 13.2. The summed E-state index contributed by atoms with van der Waals surface area (Å²) in [5.74, 6) is 0.485. The number of piperidine rings is 1. The molecule has 0 atom stereocenters. The normalized spacial score (nSPS) is 23.1. The first-order valence-electron chi connectivity index (χ1n) is 8.39. The summed E-state index contributed by atoms with van der Waals surface area (Å²) >= 11 is 0. The molecule has 0 unspecified atom stereocenters. The molecule has 1 aromatic carbocycles. The van der Waals surface area contributed by atoms with Crippen LogP contribution < -0.4 is 5.32 Å². The number of nitrogens with zero attached hydrogens (tertiary/aromatic N) is 1. The third-order valence-corrected chi connectivity index (χ3v) is 5.52. The highest BCUT2D eigenvalue weighted by atomic mass is 16.3. The monoisotopic (exact) mass is 288 g/mol. The van der Waals surface area contributed by atoms with Gasteiger partial charge in [0.25, 0.3) is 0 Å². The fourth-order valence-electron chi connectivity index (χ4n) is 4.01. The number of hydrogen-bond donors (Lipinski definition) is 2. The van der Waals surface area contributed by atoms with E-state index in [1.165, 1.54) is 58.3 Å². The van der Waals surface area contributed by atoms with Crippen molar-refractivity contribution in [1.29, 1.82) is 0 Å². The second-order valence-electron chi connectivity index (χ2n) is 6.96. The zero-order chi connectivity index (χ0) is 14.7. The first kappa shape index (κ1) is 14.9. The number of aromatic hydroxyl groups is 1. The maximum Gasteiger partial charge on any atom is 0.122 e. The number of nitrogens with one attached hydrogen (secondary N) is 1. The molecule has 0 amide bonds. The lowest BCUT2D eigenvalue weighted by Crippen LogP contribution is -2.37. The minimum Gasteiger partial charge on any atom is -0.507 e. The highest BCUT2D eigenvalue weighted by Crippen LogP contribution is 2.39. The van der Waals surface area contributed by atoms with Crippen LogP contribution in [0.3, 0.4) is 0 Å². The van der Waals surface area contributed by atoms with E-state index in [1.807, 2.05) is 13.0 Å². The zero-order valence-corrected chi connectivity index (χ0v) is 13.2. The van der Waals surface area contributed by atoms with Crippen molar-refractivity contribution in [2.24, 2.45) is 5.41 Å². The quantitative estimate of drug-likeness (QED) is 0.878. The van der Waals surface area contributed by atoms with Gasteiger partial charge in [0.2, 0.25) is 0 Å². The summed E-state index contributed by atoms with van der Waals surface area (Å²) in [6.07, 6.45) is 6.69. The van der Waals surface area contributed by atoms with Crippen molar-refractivity contribution in [1.82, 2.24) is 10.2 Å². The Kier molecular flexibility index (Phi) is 4.51. The summed E-state index contributed by atoms with van der Waals surface area (Å²) in [7, 11) is 0. The van der Waals surface area contributed by atoms with Crippen molar-refractivity contribution in [2.75, 3.05) is 26.2 Å². The molecular formula is C18H28N2O. The molecule has 0 aliphatic carbocycles. The average Bonchev–Trinajstić information content (AvgIpc) is 2.68. The Morgan fingerprint density at radius 3 is 2.76 bits per heavy atom. The lowest BCUT2D eigenvalue weighted by atomic mass is 9.73. The molecule has 3 nitrogen and oxygen atoms in total. The Bertz CT molecular complexity index is 480. The lowest BCUT2D eigenvalue weighted by Gasteiger charge is -2.37. The molecule has 0 saturated carbocycles. The smallest absolute Gasteiger partial charge is 0.122 e. The van der Waals surface area contributed by atoms with E-state index in [0.29, 0.717) is 11.2 Å². The van der Waals surface area contributed by atoms with E-state index in [9.17, 15) is 5.11 Å². The standard InChI is InChI=1S/C18H28N2O/c1-15-4-2-5-16(17(15)21)14-20-12-3-6-18(9-13-20)7-10-19-11-8-18/h2,4-5,19,21H,3,6-14H2,1H3. The second kappa shape index (κ2) is 6.37. The second-order valence-corrected chi connectivity index (χ2v) is 6.96. The van der Waals surface area contributed by atoms with Gasteiger partial charge >= 0.3 is 0 Å². The summed E-state index contributed by atoms with van der Waals surface area (Å²) in [4.78, 5) is 2.53. The maximum absolute atomic E-state index is 10.2. The van der Waals surface area contributed by atoms with Gasteiger partial charge in [-0.3, -0.25) is 4.90 Å². The van der Waals surface area contributed by atoms with Crippen molar-refractivity contribution in [3.05, 3.63) is 29.3 Å². The predicted molar refractivity (Wildman–Crippen MR) is 86.5 cm³/mol. The first-order chi connectivity index (χ1) is 10.2. The number of benzene rings is 1. The van der Waals surface area contributed by atoms with Crippen LogP contribution in [0.25, 0.3) is 0 Å². The largest absolute Gasteiger partial charge is 0.507 e. The van der Waals surface area contributed by atoms with Gasteiger partial charge in [-0.05, 0) is 76.2 Å². The van der Waals surface area contributed by atoms with Crippen LogP contribution in [0.15, 0.2) is 18.2 Å². The maximum atomic E-state index is 10.2. The molecule has 0 aromatic heterocycles. The molecule has 3 rings (SSSR count). The van der Waals surface area contributed by atoms with Crippen molar-refractivity contribution in [3.8, 4) is 5.75 Å². The molecule has 2 heterocycles. The van der Waals surface area contributed by atoms with E-state index < -0.39 is 0 Å². The Hall–Kier alpha value is -1.06. The molecule has 0 radical (unpaired) electrons. The van der Waals surface area contributed by atoms with E-state index in [0.717, 1.165) is 17.7 Å². The molecule has 2 aliphatic heterocycles. The number of phenols is 1. The molecule has 1 spiro atoms. The molecule has 116 valence electrons. The van der Waals surface area contributed by atoms with Crippen LogP contribution in [0.2, 0.25) is 0 Å². The van der Waals surface area contributed by atoms with Crippen LogP contribution in [0.4, 0.5) is 0 Å². The van der Waals surface area contributed by atoms with Crippen LogP contribution in [0, 0.1) is 12.3 Å². The summed E-state index contributed by atoms with van der Waals surface area (Å²) in [6, 6.07) is 6.09. The van der Waals surface area contributed by atoms with Crippen LogP contribution in [-0.4, -0.2) is 36.2 Å². The Labute approximate surface area is 128 Å². The van der Waals surface area contributed by atoms with E-state index in [1.54, 1.807) is 0 Å². The van der Waals surface area contributed by atoms with Gasteiger partial charge in [-0.1, -0.05) is 18.2 Å². The number of rotatable bonds is 2. The predicted octanol–water partition coefficient (Wildman–Crippen LogP) is 3.06. The van der Waals surface area contributed by atoms with Gasteiger partial charge < -0.3 is 10.4 Å².